The van der Waals surface area contributed by atoms with Crippen LogP contribution >= 0.6 is 0 Å². The molecule has 4 nitrogen and oxygen atoms in total. The van der Waals surface area contributed by atoms with E-state index in [9.17, 15) is 15.0 Å². The quantitative estimate of drug-likeness (QED) is 0.351. The van der Waals surface area contributed by atoms with E-state index >= 15 is 0 Å². The van der Waals surface area contributed by atoms with Gasteiger partial charge >= 0.3 is 5.97 Å². The first-order chi connectivity index (χ1) is 11.9. The van der Waals surface area contributed by atoms with E-state index < -0.39 is 23.8 Å². The number of carbonyl (C=O) groups is 1. The molecule has 0 radical (unpaired) electrons. The summed E-state index contributed by atoms with van der Waals surface area (Å²) >= 11 is 0. The molecule has 1 aliphatic rings. The summed E-state index contributed by atoms with van der Waals surface area (Å²) < 4.78 is 5.43. The van der Waals surface area contributed by atoms with Gasteiger partial charge in [0.15, 0.2) is 5.60 Å². The number of aliphatic hydroxyl groups excluding tert-OH is 2. The normalized spacial score (nSPS) is 22.6. The standard InChI is InChI=1S/C21H38O4/c1-4-6-8-10-12-14-18(22)17-16-21(3,25-20(17)24)19(23)15-13-11-9-7-5-2/h16,18-19,22-23H,4-15H2,1-3H3. The maximum atomic E-state index is 12.1. The van der Waals surface area contributed by atoms with Gasteiger partial charge in [-0.05, 0) is 25.8 Å². The first kappa shape index (κ1) is 22.2. The zero-order valence-corrected chi connectivity index (χ0v) is 16.4. The van der Waals surface area contributed by atoms with Crippen LogP contribution in [0.15, 0.2) is 11.6 Å². The van der Waals surface area contributed by atoms with E-state index in [1.165, 1.54) is 38.5 Å². The molecule has 1 heterocycles. The monoisotopic (exact) mass is 354 g/mol. The predicted octanol–water partition coefficient (Wildman–Crippen LogP) is 4.67. The van der Waals surface area contributed by atoms with Crippen molar-refractivity contribution in [3.63, 3.8) is 0 Å². The molecule has 3 unspecified atom stereocenters. The van der Waals surface area contributed by atoms with Gasteiger partial charge in [-0.3, -0.25) is 0 Å². The Labute approximate surface area is 153 Å². The van der Waals surface area contributed by atoms with E-state index in [0.29, 0.717) is 18.4 Å². The van der Waals surface area contributed by atoms with Gasteiger partial charge in [0.1, 0.15) is 0 Å². The molecule has 1 rings (SSSR count). The van der Waals surface area contributed by atoms with Crippen molar-refractivity contribution in [2.75, 3.05) is 0 Å². The Morgan fingerprint density at radius 1 is 0.920 bits per heavy atom. The third-order valence-corrected chi connectivity index (χ3v) is 5.17. The number of aliphatic hydroxyl groups is 2. The summed E-state index contributed by atoms with van der Waals surface area (Å²) in [7, 11) is 0. The smallest absolute Gasteiger partial charge is 0.337 e. The summed E-state index contributed by atoms with van der Waals surface area (Å²) in [6.07, 6.45) is 12.5. The largest absolute Gasteiger partial charge is 0.449 e. The molecular weight excluding hydrogens is 316 g/mol. The van der Waals surface area contributed by atoms with Crippen LogP contribution in [0, 0.1) is 0 Å². The number of unbranched alkanes of at least 4 members (excludes halogenated alkanes) is 8. The Kier molecular flexibility index (Phi) is 10.4. The number of ether oxygens (including phenoxy) is 1. The molecule has 0 saturated heterocycles. The second-order valence-electron chi connectivity index (χ2n) is 7.61. The van der Waals surface area contributed by atoms with Gasteiger partial charge in [-0.25, -0.2) is 4.79 Å². The van der Waals surface area contributed by atoms with Crippen molar-refractivity contribution in [2.45, 2.75) is 116 Å². The topological polar surface area (TPSA) is 66.8 Å². The highest BCUT2D eigenvalue weighted by molar-refractivity contribution is 5.92. The van der Waals surface area contributed by atoms with Gasteiger partial charge in [0, 0.05) is 0 Å². The maximum Gasteiger partial charge on any atom is 0.337 e. The second-order valence-corrected chi connectivity index (χ2v) is 7.61. The fourth-order valence-electron chi connectivity index (χ4n) is 3.38. The van der Waals surface area contributed by atoms with Crippen molar-refractivity contribution in [2.24, 2.45) is 0 Å². The molecule has 0 amide bonds. The van der Waals surface area contributed by atoms with E-state index in [1.807, 2.05) is 0 Å². The average Bonchev–Trinajstić information content (AvgIpc) is 2.90. The van der Waals surface area contributed by atoms with Crippen LogP contribution < -0.4 is 0 Å². The summed E-state index contributed by atoms with van der Waals surface area (Å²) in [5, 5.41) is 20.8. The average molecular weight is 355 g/mol. The highest BCUT2D eigenvalue weighted by Gasteiger charge is 2.43. The molecule has 0 aromatic carbocycles. The molecule has 0 saturated carbocycles. The lowest BCUT2D eigenvalue weighted by Gasteiger charge is -2.27. The lowest BCUT2D eigenvalue weighted by Crippen LogP contribution is -2.38. The Hall–Kier alpha value is -0.870. The van der Waals surface area contributed by atoms with Gasteiger partial charge in [0.05, 0.1) is 17.8 Å². The third kappa shape index (κ3) is 7.49. The molecule has 3 atom stereocenters. The summed E-state index contributed by atoms with van der Waals surface area (Å²) in [6, 6.07) is 0. The molecule has 0 fully saturated rings. The van der Waals surface area contributed by atoms with Crippen molar-refractivity contribution in [1.82, 2.24) is 0 Å². The maximum absolute atomic E-state index is 12.1. The highest BCUT2D eigenvalue weighted by Crippen LogP contribution is 2.32. The minimum Gasteiger partial charge on any atom is -0.449 e. The Morgan fingerprint density at radius 3 is 2.00 bits per heavy atom. The summed E-state index contributed by atoms with van der Waals surface area (Å²) in [5.74, 6) is -0.478. The lowest BCUT2D eigenvalue weighted by molar-refractivity contribution is -0.154. The van der Waals surface area contributed by atoms with Crippen molar-refractivity contribution in [1.29, 1.82) is 0 Å². The minimum absolute atomic E-state index is 0.322. The van der Waals surface area contributed by atoms with Crippen LogP contribution in [0.1, 0.15) is 97.8 Å². The van der Waals surface area contributed by atoms with Crippen LogP contribution in [0.25, 0.3) is 0 Å². The van der Waals surface area contributed by atoms with Crippen molar-refractivity contribution >= 4 is 5.97 Å². The van der Waals surface area contributed by atoms with E-state index in [2.05, 4.69) is 13.8 Å². The predicted molar refractivity (Wildman–Crippen MR) is 101 cm³/mol. The lowest BCUT2D eigenvalue weighted by atomic mass is 9.92. The molecule has 0 spiro atoms. The van der Waals surface area contributed by atoms with Crippen LogP contribution in [-0.2, 0) is 9.53 Å². The van der Waals surface area contributed by atoms with Crippen LogP contribution in [0.4, 0.5) is 0 Å². The highest BCUT2D eigenvalue weighted by atomic mass is 16.6. The number of carbonyl (C=O) groups excluding carboxylic acids is 1. The van der Waals surface area contributed by atoms with E-state index in [1.54, 1.807) is 13.0 Å². The molecule has 4 heteroatoms. The van der Waals surface area contributed by atoms with Gasteiger partial charge in [0.2, 0.25) is 0 Å². The van der Waals surface area contributed by atoms with E-state index in [0.717, 1.165) is 25.7 Å². The summed E-state index contributed by atoms with van der Waals surface area (Å²) in [4.78, 5) is 12.1. The Bertz CT molecular complexity index is 418. The molecule has 0 bridgehead atoms. The fourth-order valence-corrected chi connectivity index (χ4v) is 3.38. The van der Waals surface area contributed by atoms with Crippen LogP contribution in [0.5, 0.6) is 0 Å². The molecular formula is C21H38O4. The van der Waals surface area contributed by atoms with Crippen molar-refractivity contribution < 1.29 is 19.7 Å². The van der Waals surface area contributed by atoms with Gasteiger partial charge < -0.3 is 14.9 Å². The van der Waals surface area contributed by atoms with E-state index in [4.69, 9.17) is 4.74 Å². The van der Waals surface area contributed by atoms with Crippen molar-refractivity contribution in [3.8, 4) is 0 Å². The molecule has 0 aromatic heterocycles. The van der Waals surface area contributed by atoms with Gasteiger partial charge in [-0.15, -0.1) is 0 Å². The number of hydrogen-bond donors (Lipinski definition) is 2. The number of hydrogen-bond acceptors (Lipinski definition) is 4. The van der Waals surface area contributed by atoms with Gasteiger partial charge in [-0.1, -0.05) is 78.1 Å². The molecule has 0 aliphatic carbocycles. The Balaban J connectivity index is 2.45. The molecule has 146 valence electrons. The molecule has 1 aliphatic heterocycles. The van der Waals surface area contributed by atoms with Crippen LogP contribution in [0.2, 0.25) is 0 Å². The number of rotatable bonds is 14. The van der Waals surface area contributed by atoms with Gasteiger partial charge in [-0.2, -0.15) is 0 Å². The molecule has 2 N–H and O–H groups in total. The SMILES string of the molecule is CCCCCCCC(O)C1=CC(C)(C(O)CCCCCCC)OC1=O. The third-order valence-electron chi connectivity index (χ3n) is 5.17. The van der Waals surface area contributed by atoms with Crippen molar-refractivity contribution in [3.05, 3.63) is 11.6 Å². The zero-order valence-electron chi connectivity index (χ0n) is 16.4. The number of cyclic esters (lactones) is 1. The first-order valence-corrected chi connectivity index (χ1v) is 10.3. The fraction of sp³-hybridized carbons (Fsp3) is 0.857. The molecule has 25 heavy (non-hydrogen) atoms. The number of esters is 1. The summed E-state index contributed by atoms with van der Waals surface area (Å²) in [5.41, 5.74) is -0.677. The zero-order chi connectivity index (χ0) is 18.7. The van der Waals surface area contributed by atoms with Gasteiger partial charge in [0.25, 0.3) is 0 Å². The first-order valence-electron chi connectivity index (χ1n) is 10.3. The Morgan fingerprint density at radius 2 is 1.44 bits per heavy atom. The molecule has 0 aromatic rings. The van der Waals surface area contributed by atoms with Crippen LogP contribution in [0.3, 0.4) is 0 Å². The summed E-state index contributed by atoms with van der Waals surface area (Å²) in [6.45, 7) is 6.09. The van der Waals surface area contributed by atoms with Crippen LogP contribution in [-0.4, -0.2) is 34.0 Å². The van der Waals surface area contributed by atoms with E-state index in [-0.39, 0.29) is 0 Å². The minimum atomic E-state index is -1.000. The second kappa shape index (κ2) is 11.7.